The zero-order chi connectivity index (χ0) is 13.1. The summed E-state index contributed by atoms with van der Waals surface area (Å²) in [5.41, 5.74) is 0.409. The number of aryl methyl sites for hydroxylation is 1. The van der Waals surface area contributed by atoms with Crippen molar-refractivity contribution in [2.24, 2.45) is 7.05 Å². The lowest BCUT2D eigenvalue weighted by Crippen LogP contribution is -2.45. The normalized spacial score (nSPS) is 18.5. The fourth-order valence-corrected chi connectivity index (χ4v) is 2.22. The van der Waals surface area contributed by atoms with Crippen molar-refractivity contribution < 1.29 is 9.53 Å². The summed E-state index contributed by atoms with van der Waals surface area (Å²) in [5.74, 6) is -0.215. The molecule has 2 N–H and O–H groups in total. The van der Waals surface area contributed by atoms with Crippen molar-refractivity contribution in [1.29, 1.82) is 0 Å². The molecule has 1 aliphatic heterocycles. The molecule has 0 bridgehead atoms. The molecule has 1 amide bonds. The Kier molecular flexibility index (Phi) is 5.99. The number of aromatic nitrogens is 1. The first kappa shape index (κ1) is 16.2. The topological polar surface area (TPSA) is 72.4 Å². The van der Waals surface area contributed by atoms with Gasteiger partial charge in [0, 0.05) is 26.3 Å². The van der Waals surface area contributed by atoms with Gasteiger partial charge in [0.1, 0.15) is 6.10 Å². The van der Waals surface area contributed by atoms with Gasteiger partial charge in [0.2, 0.25) is 0 Å². The summed E-state index contributed by atoms with van der Waals surface area (Å²) in [6.07, 6.45) is 1.08. The summed E-state index contributed by atoms with van der Waals surface area (Å²) in [6, 6.07) is 1.58. The molecule has 0 aromatic carbocycles. The molecule has 106 valence electrons. The number of hydrogen-bond donors (Lipinski definition) is 2. The van der Waals surface area contributed by atoms with Crippen LogP contribution in [0, 0.1) is 0 Å². The lowest BCUT2D eigenvalue weighted by atomic mass is 10.3. The maximum Gasteiger partial charge on any atom is 0.264 e. The Hall–Kier alpha value is -0.890. The van der Waals surface area contributed by atoms with E-state index in [1.165, 1.54) is 4.57 Å². The van der Waals surface area contributed by atoms with Crippen molar-refractivity contribution in [2.75, 3.05) is 25.0 Å². The van der Waals surface area contributed by atoms with Crippen LogP contribution in [0.25, 0.3) is 0 Å². The van der Waals surface area contributed by atoms with Crippen molar-refractivity contribution in [3.8, 4) is 0 Å². The number of ether oxygens (including phenoxy) is 1. The highest BCUT2D eigenvalue weighted by Gasteiger charge is 2.21. The number of pyridine rings is 1. The fraction of sp³-hybridized carbons (Fsp3) is 0.455. The highest BCUT2D eigenvalue weighted by molar-refractivity contribution is 9.10. The second kappa shape index (κ2) is 7.04. The van der Waals surface area contributed by atoms with E-state index in [9.17, 15) is 9.59 Å². The quantitative estimate of drug-likeness (QED) is 0.813. The molecular weight excluding hydrogens is 337 g/mol. The maximum absolute atomic E-state index is 11.9. The number of nitrogens with one attached hydrogen (secondary N) is 2. The Morgan fingerprint density at radius 2 is 2.37 bits per heavy atom. The van der Waals surface area contributed by atoms with Gasteiger partial charge in [-0.25, -0.2) is 0 Å². The summed E-state index contributed by atoms with van der Waals surface area (Å²) >= 11 is 3.15. The molecule has 1 fully saturated rings. The number of anilines is 1. The Bertz CT molecular complexity index is 488. The lowest BCUT2D eigenvalue weighted by Gasteiger charge is -2.22. The molecule has 2 rings (SSSR count). The van der Waals surface area contributed by atoms with Crippen molar-refractivity contribution in [3.05, 3.63) is 27.1 Å². The predicted molar refractivity (Wildman–Crippen MR) is 77.9 cm³/mol. The number of morpholine rings is 1. The van der Waals surface area contributed by atoms with Crippen LogP contribution in [-0.2, 0) is 16.6 Å². The standard InChI is InChI=1S/C11H14BrN3O3.ClH/c1-15-6-7(4-8(12)11(15)17)14-10(16)9-5-13-2-3-18-9;/h4,6,9,13H,2-3,5H2,1H3,(H,14,16);1H. The van der Waals surface area contributed by atoms with Gasteiger partial charge in [0.15, 0.2) is 0 Å². The zero-order valence-corrected chi connectivity index (χ0v) is 12.7. The zero-order valence-electron chi connectivity index (χ0n) is 10.3. The molecule has 8 heteroatoms. The van der Waals surface area contributed by atoms with Gasteiger partial charge in [-0.2, -0.15) is 0 Å². The summed E-state index contributed by atoms with van der Waals surface area (Å²) in [7, 11) is 1.63. The third-order valence-electron chi connectivity index (χ3n) is 2.63. The van der Waals surface area contributed by atoms with Crippen molar-refractivity contribution >= 4 is 39.9 Å². The number of carbonyl (C=O) groups is 1. The first-order valence-electron chi connectivity index (χ1n) is 5.57. The summed E-state index contributed by atoms with van der Waals surface area (Å²) in [4.78, 5) is 23.4. The van der Waals surface area contributed by atoms with Crippen LogP contribution in [0.3, 0.4) is 0 Å². The van der Waals surface area contributed by atoms with Gasteiger partial charge >= 0.3 is 0 Å². The van der Waals surface area contributed by atoms with Gasteiger partial charge in [-0.05, 0) is 22.0 Å². The Morgan fingerprint density at radius 3 is 2.95 bits per heavy atom. The van der Waals surface area contributed by atoms with Crippen LogP contribution in [-0.4, -0.2) is 36.3 Å². The van der Waals surface area contributed by atoms with Crippen LogP contribution < -0.4 is 16.2 Å². The molecule has 6 nitrogen and oxygen atoms in total. The van der Waals surface area contributed by atoms with E-state index in [0.717, 1.165) is 6.54 Å². The molecule has 2 heterocycles. The monoisotopic (exact) mass is 351 g/mol. The largest absolute Gasteiger partial charge is 0.366 e. The molecule has 1 aromatic rings. The van der Waals surface area contributed by atoms with Crippen molar-refractivity contribution in [2.45, 2.75) is 6.10 Å². The second-order valence-corrected chi connectivity index (χ2v) is 4.90. The van der Waals surface area contributed by atoms with Gasteiger partial charge in [0.05, 0.1) is 16.8 Å². The number of hydrogen-bond acceptors (Lipinski definition) is 4. The van der Waals surface area contributed by atoms with Crippen molar-refractivity contribution in [3.63, 3.8) is 0 Å². The number of halogens is 2. The summed E-state index contributed by atoms with van der Waals surface area (Å²) in [5, 5.41) is 5.81. The van der Waals surface area contributed by atoms with Crippen LogP contribution in [0.1, 0.15) is 0 Å². The minimum Gasteiger partial charge on any atom is -0.366 e. The van der Waals surface area contributed by atoms with E-state index < -0.39 is 6.10 Å². The third-order valence-corrected chi connectivity index (χ3v) is 3.20. The number of nitrogens with zero attached hydrogens (tertiary/aromatic N) is 1. The van der Waals surface area contributed by atoms with E-state index in [1.54, 1.807) is 19.3 Å². The van der Waals surface area contributed by atoms with Gasteiger partial charge < -0.3 is 19.9 Å². The first-order chi connectivity index (χ1) is 8.58. The molecule has 0 radical (unpaired) electrons. The van der Waals surface area contributed by atoms with Crippen molar-refractivity contribution in [1.82, 2.24) is 9.88 Å². The third kappa shape index (κ3) is 4.04. The summed E-state index contributed by atoms with van der Waals surface area (Å²) in [6.45, 7) is 1.78. The van der Waals surface area contributed by atoms with Crippen LogP contribution in [0.15, 0.2) is 21.5 Å². The van der Waals surface area contributed by atoms with E-state index in [-0.39, 0.29) is 23.9 Å². The van der Waals surface area contributed by atoms with Gasteiger partial charge in [-0.15, -0.1) is 12.4 Å². The number of amides is 1. The fourth-order valence-electron chi connectivity index (χ4n) is 1.70. The van der Waals surface area contributed by atoms with Crippen LogP contribution in [0.2, 0.25) is 0 Å². The average molecular weight is 353 g/mol. The van der Waals surface area contributed by atoms with Crippen LogP contribution >= 0.6 is 28.3 Å². The summed E-state index contributed by atoms with van der Waals surface area (Å²) < 4.78 is 7.15. The van der Waals surface area contributed by atoms with E-state index in [0.29, 0.717) is 23.3 Å². The van der Waals surface area contributed by atoms with Gasteiger partial charge in [-0.1, -0.05) is 0 Å². The Balaban J connectivity index is 0.00000180. The molecule has 0 spiro atoms. The SMILES string of the molecule is Cl.Cn1cc(NC(=O)C2CNCCO2)cc(Br)c1=O. The van der Waals surface area contributed by atoms with E-state index in [1.807, 2.05) is 0 Å². The highest BCUT2D eigenvalue weighted by atomic mass is 79.9. The molecule has 1 unspecified atom stereocenters. The Morgan fingerprint density at radius 1 is 1.63 bits per heavy atom. The lowest BCUT2D eigenvalue weighted by molar-refractivity contribution is -0.128. The molecule has 0 saturated carbocycles. The molecular formula is C11H15BrClN3O3. The van der Waals surface area contributed by atoms with Gasteiger partial charge in [0.25, 0.3) is 11.5 Å². The minimum atomic E-state index is -0.491. The van der Waals surface area contributed by atoms with E-state index in [2.05, 4.69) is 26.6 Å². The smallest absolute Gasteiger partial charge is 0.264 e. The molecule has 1 saturated heterocycles. The van der Waals surface area contributed by atoms with Crippen LogP contribution in [0.5, 0.6) is 0 Å². The van der Waals surface area contributed by atoms with Gasteiger partial charge in [-0.3, -0.25) is 9.59 Å². The minimum absolute atomic E-state index is 0. The molecule has 0 aliphatic carbocycles. The first-order valence-corrected chi connectivity index (χ1v) is 6.36. The predicted octanol–water partition coefficient (Wildman–Crippen LogP) is 0.496. The van der Waals surface area contributed by atoms with Crippen LogP contribution in [0.4, 0.5) is 5.69 Å². The number of rotatable bonds is 2. The van der Waals surface area contributed by atoms with E-state index in [4.69, 9.17) is 4.74 Å². The number of carbonyl (C=O) groups excluding carboxylic acids is 1. The Labute approximate surface area is 125 Å². The molecule has 1 aliphatic rings. The molecule has 1 aromatic heterocycles. The van der Waals surface area contributed by atoms with E-state index >= 15 is 0 Å². The molecule has 1 atom stereocenters. The average Bonchev–Trinajstić information content (AvgIpc) is 2.37. The molecule has 19 heavy (non-hydrogen) atoms. The maximum atomic E-state index is 11.9. The highest BCUT2D eigenvalue weighted by Crippen LogP contribution is 2.12. The second-order valence-electron chi connectivity index (χ2n) is 4.05.